The van der Waals surface area contributed by atoms with E-state index in [-0.39, 0.29) is 18.2 Å². The van der Waals surface area contributed by atoms with Crippen LogP contribution in [0.4, 0.5) is 0 Å². The van der Waals surface area contributed by atoms with Gasteiger partial charge in [-0.05, 0) is 32.1 Å². The van der Waals surface area contributed by atoms with E-state index in [1.165, 1.54) is 12.7 Å². The average Bonchev–Trinajstić information content (AvgIpc) is 2.82. The number of hydrogen-bond donors (Lipinski definition) is 0. The average molecular weight is 307 g/mol. The van der Waals surface area contributed by atoms with Gasteiger partial charge in [-0.3, -0.25) is 0 Å². The normalized spacial score (nSPS) is 39.5. The van der Waals surface area contributed by atoms with Gasteiger partial charge in [0.2, 0.25) is 0 Å². The lowest BCUT2D eigenvalue weighted by Crippen LogP contribution is -2.29. The number of fused-ring (bicyclic) bond motifs is 4. The van der Waals surface area contributed by atoms with Crippen molar-refractivity contribution < 1.29 is 9.47 Å². The van der Waals surface area contributed by atoms with Crippen LogP contribution in [0.15, 0.2) is 12.7 Å². The Balaban J connectivity index is 1.62. The largest absolute Gasteiger partial charge is 0.344 e. The number of aromatic nitrogens is 4. The molecule has 2 aromatic rings. The molecule has 5 rings (SSSR count). The van der Waals surface area contributed by atoms with E-state index < -0.39 is 5.79 Å². The van der Waals surface area contributed by atoms with Gasteiger partial charge in [-0.2, -0.15) is 0 Å². The van der Waals surface area contributed by atoms with Gasteiger partial charge in [0.1, 0.15) is 17.9 Å². The van der Waals surface area contributed by atoms with Gasteiger partial charge in [0.05, 0.1) is 18.5 Å². The first-order chi connectivity index (χ1) is 10.1. The summed E-state index contributed by atoms with van der Waals surface area (Å²) < 4.78 is 14.3. The maximum atomic E-state index is 6.14. The van der Waals surface area contributed by atoms with E-state index in [0.717, 1.165) is 5.65 Å². The Morgan fingerprint density at radius 1 is 1.19 bits per heavy atom. The second-order valence-electron chi connectivity index (χ2n) is 6.61. The molecule has 0 radical (unpaired) electrons. The highest BCUT2D eigenvalue weighted by Crippen LogP contribution is 2.63. The van der Waals surface area contributed by atoms with Crippen molar-refractivity contribution in [1.82, 2.24) is 19.5 Å². The van der Waals surface area contributed by atoms with Gasteiger partial charge in [0.15, 0.2) is 16.6 Å². The lowest BCUT2D eigenvalue weighted by Gasteiger charge is -2.24. The zero-order valence-electron chi connectivity index (χ0n) is 11.7. The maximum Gasteiger partial charge on any atom is 0.165 e. The molecule has 3 fully saturated rings. The Labute approximate surface area is 126 Å². The molecule has 5 atom stereocenters. The van der Waals surface area contributed by atoms with Crippen LogP contribution in [0.2, 0.25) is 5.15 Å². The lowest BCUT2D eigenvalue weighted by atomic mass is 10.1. The molecule has 0 unspecified atom stereocenters. The highest BCUT2D eigenvalue weighted by atomic mass is 35.5. The Bertz CT molecular complexity index is 746. The van der Waals surface area contributed by atoms with E-state index in [1.807, 2.05) is 20.2 Å². The lowest BCUT2D eigenvalue weighted by molar-refractivity contribution is -0.156. The Hall–Kier alpha value is -1.24. The van der Waals surface area contributed by atoms with Crippen LogP contribution in [0.3, 0.4) is 0 Å². The molecule has 2 saturated carbocycles. The third-order valence-electron chi connectivity index (χ3n) is 4.89. The summed E-state index contributed by atoms with van der Waals surface area (Å²) in [4.78, 5) is 12.7. The minimum absolute atomic E-state index is 0.0647. The van der Waals surface area contributed by atoms with Crippen molar-refractivity contribution in [2.75, 3.05) is 0 Å². The molecule has 21 heavy (non-hydrogen) atoms. The number of halogens is 1. The van der Waals surface area contributed by atoms with Crippen LogP contribution in [0.5, 0.6) is 0 Å². The summed E-state index contributed by atoms with van der Waals surface area (Å²) in [6.45, 7) is 3.95. The maximum absolute atomic E-state index is 6.14. The van der Waals surface area contributed by atoms with Crippen molar-refractivity contribution in [2.45, 2.75) is 44.3 Å². The first kappa shape index (κ1) is 12.3. The standard InChI is InChI=1S/C14H15ClN4O2/c1-14(2)20-10-7-3-6(7)9(11(10)21-14)19-5-18-8-12(15)16-4-17-13(8)19/h4-7,9-11H,3H2,1-2H3/t6-,7+,9+,10+,11-/m0/s1. The molecule has 6 nitrogen and oxygen atoms in total. The molecule has 0 amide bonds. The molecule has 3 heterocycles. The number of rotatable bonds is 1. The molecule has 7 heteroatoms. The molecule has 3 aliphatic rings. The van der Waals surface area contributed by atoms with Gasteiger partial charge in [-0.25, -0.2) is 15.0 Å². The van der Waals surface area contributed by atoms with Crippen molar-refractivity contribution in [2.24, 2.45) is 11.8 Å². The predicted molar refractivity (Wildman–Crippen MR) is 74.8 cm³/mol. The first-order valence-electron chi connectivity index (χ1n) is 7.24. The summed E-state index contributed by atoms with van der Waals surface area (Å²) in [6.07, 6.45) is 4.72. The first-order valence-corrected chi connectivity index (χ1v) is 7.62. The summed E-state index contributed by atoms with van der Waals surface area (Å²) in [5.41, 5.74) is 1.43. The quantitative estimate of drug-likeness (QED) is 0.756. The number of nitrogens with zero attached hydrogens (tertiary/aromatic N) is 4. The molecule has 0 bridgehead atoms. The Kier molecular flexibility index (Phi) is 2.20. The molecule has 2 aliphatic carbocycles. The highest BCUT2D eigenvalue weighted by molar-refractivity contribution is 6.33. The van der Waals surface area contributed by atoms with E-state index in [1.54, 1.807) is 0 Å². The number of imidazole rings is 1. The van der Waals surface area contributed by atoms with Crippen molar-refractivity contribution in [1.29, 1.82) is 0 Å². The molecular weight excluding hydrogens is 292 g/mol. The third-order valence-corrected chi connectivity index (χ3v) is 5.16. The second kappa shape index (κ2) is 3.74. The molecule has 0 aromatic carbocycles. The minimum atomic E-state index is -0.510. The Morgan fingerprint density at radius 3 is 2.86 bits per heavy atom. The third kappa shape index (κ3) is 1.58. The van der Waals surface area contributed by atoms with E-state index in [4.69, 9.17) is 21.1 Å². The Morgan fingerprint density at radius 2 is 2.00 bits per heavy atom. The number of hydrogen-bond acceptors (Lipinski definition) is 5. The summed E-state index contributed by atoms with van der Waals surface area (Å²) in [7, 11) is 0. The van der Waals surface area contributed by atoms with Crippen molar-refractivity contribution in [3.8, 4) is 0 Å². The van der Waals surface area contributed by atoms with Gasteiger partial charge in [0.25, 0.3) is 0 Å². The van der Waals surface area contributed by atoms with Gasteiger partial charge in [0, 0.05) is 0 Å². The minimum Gasteiger partial charge on any atom is -0.344 e. The fraction of sp³-hybridized carbons (Fsp3) is 0.643. The van der Waals surface area contributed by atoms with Crippen LogP contribution in [0.25, 0.3) is 11.2 Å². The van der Waals surface area contributed by atoms with Crippen LogP contribution < -0.4 is 0 Å². The molecule has 2 aromatic heterocycles. The topological polar surface area (TPSA) is 62.1 Å². The zero-order chi connectivity index (χ0) is 14.4. The summed E-state index contributed by atoms with van der Waals surface area (Å²) in [5, 5.41) is 0.393. The molecule has 110 valence electrons. The zero-order valence-corrected chi connectivity index (χ0v) is 12.5. The van der Waals surface area contributed by atoms with Gasteiger partial charge >= 0.3 is 0 Å². The second-order valence-corrected chi connectivity index (χ2v) is 6.97. The van der Waals surface area contributed by atoms with Crippen molar-refractivity contribution >= 4 is 22.8 Å². The summed E-state index contributed by atoms with van der Waals surface area (Å²) in [6, 6.07) is 0.220. The number of ether oxygens (including phenoxy) is 2. The van der Waals surface area contributed by atoms with E-state index >= 15 is 0 Å². The molecule has 1 saturated heterocycles. The van der Waals surface area contributed by atoms with E-state index in [9.17, 15) is 0 Å². The summed E-state index contributed by atoms with van der Waals surface area (Å²) >= 11 is 6.10. The van der Waals surface area contributed by atoms with Crippen LogP contribution in [-0.2, 0) is 9.47 Å². The van der Waals surface area contributed by atoms with Crippen LogP contribution >= 0.6 is 11.6 Å². The van der Waals surface area contributed by atoms with E-state index in [2.05, 4.69) is 19.5 Å². The molecular formula is C14H15ClN4O2. The van der Waals surface area contributed by atoms with E-state index in [0.29, 0.717) is 22.5 Å². The fourth-order valence-electron chi connectivity index (χ4n) is 4.07. The SMILES string of the molecule is CC1(C)O[C@@H]2[C@@H]3C[C@@H]3[C@@H](n3cnc4c(Cl)ncnc43)[C@@H]2O1. The van der Waals surface area contributed by atoms with Crippen molar-refractivity contribution in [3.63, 3.8) is 0 Å². The van der Waals surface area contributed by atoms with Crippen LogP contribution in [-0.4, -0.2) is 37.5 Å². The van der Waals surface area contributed by atoms with Gasteiger partial charge in [-0.15, -0.1) is 0 Å². The van der Waals surface area contributed by atoms with Gasteiger partial charge < -0.3 is 14.0 Å². The smallest absolute Gasteiger partial charge is 0.165 e. The fourth-order valence-corrected chi connectivity index (χ4v) is 4.25. The summed E-state index contributed by atoms with van der Waals surface area (Å²) in [5.74, 6) is 0.670. The molecule has 0 spiro atoms. The van der Waals surface area contributed by atoms with Crippen LogP contribution in [0.1, 0.15) is 26.3 Å². The van der Waals surface area contributed by atoms with Crippen molar-refractivity contribution in [3.05, 3.63) is 17.8 Å². The highest BCUT2D eigenvalue weighted by Gasteiger charge is 2.66. The molecule has 1 aliphatic heterocycles. The predicted octanol–water partition coefficient (Wildman–Crippen LogP) is 2.19. The molecule has 0 N–H and O–H groups in total. The van der Waals surface area contributed by atoms with Crippen LogP contribution in [0, 0.1) is 11.8 Å². The monoisotopic (exact) mass is 306 g/mol. The van der Waals surface area contributed by atoms with Gasteiger partial charge in [-0.1, -0.05) is 11.6 Å².